The highest BCUT2D eigenvalue weighted by atomic mass is 79.9. The molecule has 0 spiro atoms. The summed E-state index contributed by atoms with van der Waals surface area (Å²) in [7, 11) is 1.29. The molecular formula is C13H10BrClN2O3. The van der Waals surface area contributed by atoms with Crippen LogP contribution in [0.3, 0.4) is 0 Å². The van der Waals surface area contributed by atoms with Gasteiger partial charge in [-0.15, -0.1) is 0 Å². The number of ether oxygens (including phenoxy) is 2. The van der Waals surface area contributed by atoms with Gasteiger partial charge >= 0.3 is 5.97 Å². The van der Waals surface area contributed by atoms with Crippen molar-refractivity contribution in [1.29, 1.82) is 0 Å². The number of methoxy groups -OCH3 is 1. The van der Waals surface area contributed by atoms with Gasteiger partial charge in [0.2, 0.25) is 5.88 Å². The van der Waals surface area contributed by atoms with Crippen LogP contribution in [0, 0.1) is 6.92 Å². The second-order valence-electron chi connectivity index (χ2n) is 3.85. The fourth-order valence-electron chi connectivity index (χ4n) is 1.46. The predicted molar refractivity (Wildman–Crippen MR) is 77.3 cm³/mol. The molecule has 0 unspecified atom stereocenters. The third-order valence-corrected chi connectivity index (χ3v) is 3.51. The largest absolute Gasteiger partial charge is 0.465 e. The summed E-state index contributed by atoms with van der Waals surface area (Å²) in [6, 6.07) is 2.87. The van der Waals surface area contributed by atoms with E-state index in [0.717, 1.165) is 10.0 Å². The summed E-state index contributed by atoms with van der Waals surface area (Å²) in [6.07, 6.45) is 3.22. The Morgan fingerprint density at radius 3 is 2.80 bits per heavy atom. The van der Waals surface area contributed by atoms with Crippen LogP contribution in [-0.2, 0) is 4.74 Å². The van der Waals surface area contributed by atoms with E-state index < -0.39 is 5.97 Å². The van der Waals surface area contributed by atoms with E-state index in [1.807, 2.05) is 6.92 Å². The topological polar surface area (TPSA) is 61.3 Å². The Balaban J connectivity index is 2.36. The summed E-state index contributed by atoms with van der Waals surface area (Å²) < 4.78 is 11.1. The number of aromatic nitrogens is 2. The molecule has 0 aliphatic carbocycles. The molecule has 0 amide bonds. The Morgan fingerprint density at radius 2 is 2.10 bits per heavy atom. The third-order valence-electron chi connectivity index (χ3n) is 2.51. The highest BCUT2D eigenvalue weighted by molar-refractivity contribution is 9.10. The predicted octanol–water partition coefficient (Wildman–Crippen LogP) is 3.78. The van der Waals surface area contributed by atoms with Gasteiger partial charge in [0.15, 0.2) is 5.75 Å². The second kappa shape index (κ2) is 6.19. The van der Waals surface area contributed by atoms with Crippen LogP contribution in [-0.4, -0.2) is 23.0 Å². The van der Waals surface area contributed by atoms with Crippen molar-refractivity contribution in [2.24, 2.45) is 0 Å². The lowest BCUT2D eigenvalue weighted by Gasteiger charge is -2.09. The number of hydrogen-bond acceptors (Lipinski definition) is 5. The van der Waals surface area contributed by atoms with Gasteiger partial charge < -0.3 is 9.47 Å². The van der Waals surface area contributed by atoms with Crippen molar-refractivity contribution in [3.05, 3.63) is 45.3 Å². The molecule has 0 aromatic carbocycles. The van der Waals surface area contributed by atoms with E-state index in [9.17, 15) is 4.79 Å². The van der Waals surface area contributed by atoms with Crippen molar-refractivity contribution >= 4 is 33.5 Å². The van der Waals surface area contributed by atoms with Crippen molar-refractivity contribution in [1.82, 2.24) is 9.97 Å². The Bertz CT molecular complexity index is 664. The van der Waals surface area contributed by atoms with E-state index in [4.69, 9.17) is 16.3 Å². The number of nitrogens with zero attached hydrogens (tertiary/aromatic N) is 2. The smallest absolute Gasteiger partial charge is 0.338 e. The standard InChI is InChI=1S/C13H10BrClN2O3/c1-7-9(14)5-16-6-10(7)20-12-4-8(13(18)19-2)3-11(15)17-12/h3-6H,1-2H3. The minimum atomic E-state index is -0.511. The first-order valence-corrected chi connectivity index (χ1v) is 6.72. The molecule has 7 heteroatoms. The average molecular weight is 358 g/mol. The molecule has 0 saturated heterocycles. The van der Waals surface area contributed by atoms with Crippen LogP contribution in [0.2, 0.25) is 5.15 Å². The summed E-state index contributed by atoms with van der Waals surface area (Å²) in [6.45, 7) is 1.87. The lowest BCUT2D eigenvalue weighted by atomic mass is 10.2. The highest BCUT2D eigenvalue weighted by Crippen LogP contribution is 2.29. The number of esters is 1. The van der Waals surface area contributed by atoms with Gasteiger partial charge in [-0.1, -0.05) is 11.6 Å². The summed E-state index contributed by atoms with van der Waals surface area (Å²) in [5.41, 5.74) is 1.13. The maximum absolute atomic E-state index is 11.5. The van der Waals surface area contributed by atoms with E-state index in [1.165, 1.54) is 19.2 Å². The van der Waals surface area contributed by atoms with Crippen LogP contribution >= 0.6 is 27.5 Å². The zero-order valence-electron chi connectivity index (χ0n) is 10.7. The SMILES string of the molecule is COC(=O)c1cc(Cl)nc(Oc2cncc(Br)c2C)c1. The number of carbonyl (C=O) groups excluding carboxylic acids is 1. The van der Waals surface area contributed by atoms with Crippen LogP contribution in [0.15, 0.2) is 29.0 Å². The fraction of sp³-hybridized carbons (Fsp3) is 0.154. The lowest BCUT2D eigenvalue weighted by molar-refractivity contribution is 0.0600. The van der Waals surface area contributed by atoms with Crippen molar-refractivity contribution in [3.63, 3.8) is 0 Å². The first-order valence-electron chi connectivity index (χ1n) is 5.55. The van der Waals surface area contributed by atoms with Crippen LogP contribution < -0.4 is 4.74 Å². The van der Waals surface area contributed by atoms with Gasteiger partial charge in [0.05, 0.1) is 18.9 Å². The minimum absolute atomic E-state index is 0.142. The maximum atomic E-state index is 11.5. The molecule has 0 aliphatic heterocycles. The molecule has 0 bridgehead atoms. The van der Waals surface area contributed by atoms with Gasteiger partial charge in [-0.2, -0.15) is 0 Å². The number of rotatable bonds is 3. The van der Waals surface area contributed by atoms with Crippen LogP contribution in [0.4, 0.5) is 0 Å². The third kappa shape index (κ3) is 3.26. The van der Waals surface area contributed by atoms with Crippen LogP contribution in [0.5, 0.6) is 11.6 Å². The average Bonchev–Trinajstić information content (AvgIpc) is 2.42. The molecule has 20 heavy (non-hydrogen) atoms. The van der Waals surface area contributed by atoms with Crippen molar-refractivity contribution < 1.29 is 14.3 Å². The highest BCUT2D eigenvalue weighted by Gasteiger charge is 2.12. The quantitative estimate of drug-likeness (QED) is 0.618. The Labute approximate surface area is 129 Å². The Kier molecular flexibility index (Phi) is 4.57. The number of carbonyl (C=O) groups is 1. The molecule has 0 N–H and O–H groups in total. The molecule has 5 nitrogen and oxygen atoms in total. The van der Waals surface area contributed by atoms with Gasteiger partial charge in [0.25, 0.3) is 0 Å². The molecule has 2 heterocycles. The van der Waals surface area contributed by atoms with Gasteiger partial charge in [-0.3, -0.25) is 4.98 Å². The summed E-state index contributed by atoms with van der Waals surface area (Å²) in [5.74, 6) is 0.203. The van der Waals surface area contributed by atoms with E-state index >= 15 is 0 Å². The van der Waals surface area contributed by atoms with Gasteiger partial charge in [0, 0.05) is 22.3 Å². The molecule has 104 valence electrons. The first kappa shape index (κ1) is 14.7. The molecule has 2 aromatic rings. The summed E-state index contributed by atoms with van der Waals surface area (Å²) in [5, 5.41) is 0.142. The maximum Gasteiger partial charge on any atom is 0.338 e. The zero-order valence-corrected chi connectivity index (χ0v) is 13.0. The van der Waals surface area contributed by atoms with Crippen molar-refractivity contribution in [2.75, 3.05) is 7.11 Å². The Morgan fingerprint density at radius 1 is 1.35 bits per heavy atom. The lowest BCUT2D eigenvalue weighted by Crippen LogP contribution is -2.02. The molecule has 0 radical (unpaired) electrons. The van der Waals surface area contributed by atoms with Crippen molar-refractivity contribution in [3.8, 4) is 11.6 Å². The fourth-order valence-corrected chi connectivity index (χ4v) is 1.97. The molecule has 0 fully saturated rings. The normalized spacial score (nSPS) is 10.2. The Hall–Kier alpha value is -1.66. The molecular weight excluding hydrogens is 348 g/mol. The summed E-state index contributed by atoms with van der Waals surface area (Å²) >= 11 is 9.22. The van der Waals surface area contributed by atoms with E-state index in [1.54, 1.807) is 12.4 Å². The summed E-state index contributed by atoms with van der Waals surface area (Å²) in [4.78, 5) is 19.5. The van der Waals surface area contributed by atoms with E-state index in [0.29, 0.717) is 5.75 Å². The minimum Gasteiger partial charge on any atom is -0.465 e. The first-order chi connectivity index (χ1) is 9.51. The van der Waals surface area contributed by atoms with E-state index in [2.05, 4.69) is 30.6 Å². The van der Waals surface area contributed by atoms with Gasteiger partial charge in [0.1, 0.15) is 5.15 Å². The molecule has 0 atom stereocenters. The van der Waals surface area contributed by atoms with Gasteiger partial charge in [-0.05, 0) is 28.9 Å². The van der Waals surface area contributed by atoms with E-state index in [-0.39, 0.29) is 16.6 Å². The van der Waals surface area contributed by atoms with Crippen molar-refractivity contribution in [2.45, 2.75) is 6.92 Å². The molecule has 2 rings (SSSR count). The number of pyridine rings is 2. The molecule has 2 aromatic heterocycles. The zero-order chi connectivity index (χ0) is 14.7. The number of halogens is 2. The van der Waals surface area contributed by atoms with Crippen LogP contribution in [0.25, 0.3) is 0 Å². The second-order valence-corrected chi connectivity index (χ2v) is 5.10. The monoisotopic (exact) mass is 356 g/mol. The molecule has 0 aliphatic rings. The van der Waals surface area contributed by atoms with Gasteiger partial charge in [-0.25, -0.2) is 9.78 Å². The molecule has 0 saturated carbocycles. The number of hydrogen-bond donors (Lipinski definition) is 0. The van der Waals surface area contributed by atoms with Crippen LogP contribution in [0.1, 0.15) is 15.9 Å².